The maximum absolute atomic E-state index is 10.7. The van der Waals surface area contributed by atoms with Crippen molar-refractivity contribution in [3.8, 4) is 0 Å². The predicted molar refractivity (Wildman–Crippen MR) is 31.5 cm³/mol. The van der Waals surface area contributed by atoms with Gasteiger partial charge in [-0.15, -0.1) is 0 Å². The molecule has 0 rings (SSSR count). The van der Waals surface area contributed by atoms with Crippen molar-refractivity contribution in [3.63, 3.8) is 0 Å². The van der Waals surface area contributed by atoms with Gasteiger partial charge in [-0.25, -0.2) is 16.8 Å². The second-order valence-electron chi connectivity index (χ2n) is 1.80. The molecule has 17 heavy (non-hydrogen) atoms. The van der Waals surface area contributed by atoms with E-state index in [1.807, 2.05) is 0 Å². The van der Waals surface area contributed by atoms with Crippen LogP contribution in [0.1, 0.15) is 0 Å². The normalized spacial score (nSPS) is 13.2. The van der Waals surface area contributed by atoms with Crippen LogP contribution in [0.4, 0.5) is 26.3 Å². The van der Waals surface area contributed by atoms with Crippen molar-refractivity contribution < 1.29 is 73.3 Å². The molecule has 0 atom stereocenters. The van der Waals surface area contributed by atoms with Crippen molar-refractivity contribution in [1.29, 1.82) is 0 Å². The number of hydrogen-bond donors (Lipinski definition) is 0. The second-order valence-corrected chi connectivity index (χ2v) is 4.54. The minimum atomic E-state index is -6.09. The maximum atomic E-state index is 10.7. The van der Waals surface area contributed by atoms with Crippen LogP contribution >= 0.6 is 0 Å². The van der Waals surface area contributed by atoms with Crippen molar-refractivity contribution in [1.82, 2.24) is 0 Å². The van der Waals surface area contributed by atoms with Crippen LogP contribution in [0.15, 0.2) is 0 Å². The molecule has 0 saturated heterocycles. The van der Waals surface area contributed by atoms with Crippen LogP contribution in [0.3, 0.4) is 0 Å². The zero-order chi connectivity index (χ0) is 14.0. The van der Waals surface area contributed by atoms with E-state index in [9.17, 15) is 26.3 Å². The van der Waals surface area contributed by atoms with Gasteiger partial charge in [0.05, 0.1) is 0 Å². The summed E-state index contributed by atoms with van der Waals surface area (Å²) in [5, 5.41) is 0. The number of rotatable bonds is 0. The quantitative estimate of drug-likeness (QED) is 0.275. The third-order valence-corrected chi connectivity index (χ3v) is 1.70. The average Bonchev–Trinajstić information content (AvgIpc) is 1.77. The van der Waals surface area contributed by atoms with Gasteiger partial charge in [-0.2, -0.15) is 26.3 Å². The Hall–Kier alpha value is 0.0883. The van der Waals surface area contributed by atoms with Gasteiger partial charge in [-0.1, -0.05) is 0 Å². The molecule has 15 heteroatoms. The van der Waals surface area contributed by atoms with Crippen molar-refractivity contribution in [3.05, 3.63) is 0 Å². The van der Waals surface area contributed by atoms with Crippen LogP contribution in [0.25, 0.3) is 0 Å². The number of alkyl halides is 6. The zero-order valence-corrected chi connectivity index (χ0v) is 11.5. The topological polar surface area (TPSA) is 114 Å². The molecule has 0 aromatic carbocycles. The monoisotopic (exact) mass is 482 g/mol. The van der Waals surface area contributed by atoms with Gasteiger partial charge in [0.25, 0.3) is 0 Å². The Bertz CT molecular complexity index is 374. The molecule has 0 aliphatic carbocycles. The summed E-state index contributed by atoms with van der Waals surface area (Å²) in [4.78, 5) is 0. The Kier molecular flexibility index (Phi) is 8.27. The zero-order valence-electron chi connectivity index (χ0n) is 6.94. The molecule has 0 heterocycles. The SMILES string of the molecule is O=S(=O)([O-])C(F)(F)F.O=S(=O)([O-])C(F)(F)F.[W+2]. The second kappa shape index (κ2) is 6.31. The fraction of sp³-hybridized carbons (Fsp3) is 1.00. The third kappa shape index (κ3) is 9.76. The largest absolute Gasteiger partial charge is 2.00 e. The molecule has 0 aromatic rings. The Morgan fingerprint density at radius 1 is 0.647 bits per heavy atom. The maximum Gasteiger partial charge on any atom is 2.00 e. The van der Waals surface area contributed by atoms with E-state index >= 15 is 0 Å². The summed E-state index contributed by atoms with van der Waals surface area (Å²) in [6, 6.07) is 0. The summed E-state index contributed by atoms with van der Waals surface area (Å²) < 4.78 is 118. The van der Waals surface area contributed by atoms with Gasteiger partial charge >= 0.3 is 32.1 Å². The van der Waals surface area contributed by atoms with Gasteiger partial charge < -0.3 is 9.11 Å². The van der Waals surface area contributed by atoms with Gasteiger partial charge in [0, 0.05) is 0 Å². The minimum absolute atomic E-state index is 0. The van der Waals surface area contributed by atoms with Crippen LogP contribution in [0.5, 0.6) is 0 Å². The average molecular weight is 482 g/mol. The first kappa shape index (κ1) is 22.3. The number of hydrogen-bond acceptors (Lipinski definition) is 6. The minimum Gasteiger partial charge on any atom is -0.741 e. The van der Waals surface area contributed by atoms with E-state index in [0.717, 1.165) is 0 Å². The summed E-state index contributed by atoms with van der Waals surface area (Å²) in [5.74, 6) is 0. The van der Waals surface area contributed by atoms with Crippen molar-refractivity contribution in [2.75, 3.05) is 0 Å². The van der Waals surface area contributed by atoms with E-state index in [4.69, 9.17) is 25.9 Å². The molecule has 0 radical (unpaired) electrons. The van der Waals surface area contributed by atoms with Gasteiger partial charge in [0.15, 0.2) is 20.2 Å². The Labute approximate surface area is 105 Å². The summed E-state index contributed by atoms with van der Waals surface area (Å²) in [6.07, 6.45) is 0. The molecule has 6 nitrogen and oxygen atoms in total. The molecule has 0 bridgehead atoms. The van der Waals surface area contributed by atoms with E-state index in [1.54, 1.807) is 0 Å². The predicted octanol–water partition coefficient (Wildman–Crippen LogP) is 0.100. The molecule has 0 amide bonds. The smallest absolute Gasteiger partial charge is 0.741 e. The van der Waals surface area contributed by atoms with Crippen LogP contribution in [0.2, 0.25) is 0 Å². The molecular formula is C2F6O6S2W. The van der Waals surface area contributed by atoms with Crippen LogP contribution in [-0.4, -0.2) is 37.0 Å². The molecule has 0 N–H and O–H groups in total. The van der Waals surface area contributed by atoms with Crippen LogP contribution in [-0.2, 0) is 41.3 Å². The van der Waals surface area contributed by atoms with Crippen molar-refractivity contribution >= 4 is 20.2 Å². The van der Waals surface area contributed by atoms with E-state index in [2.05, 4.69) is 0 Å². The molecule has 104 valence electrons. The Morgan fingerprint density at radius 3 is 0.706 bits per heavy atom. The standard InChI is InChI=1S/2CHF3O3S.W/c2*2-1(3,4)8(5,6)7;/h2*(H,5,6,7);/q;;+2/p-2. The molecule has 0 saturated carbocycles. The van der Waals surface area contributed by atoms with Gasteiger partial charge in [-0.3, -0.25) is 0 Å². The fourth-order valence-corrected chi connectivity index (χ4v) is 0. The fourth-order valence-electron chi connectivity index (χ4n) is 0. The summed E-state index contributed by atoms with van der Waals surface area (Å²) in [7, 11) is -12.2. The van der Waals surface area contributed by atoms with Crippen molar-refractivity contribution in [2.24, 2.45) is 0 Å². The third-order valence-electron chi connectivity index (χ3n) is 0.567. The van der Waals surface area contributed by atoms with Gasteiger partial charge in [-0.05, 0) is 0 Å². The van der Waals surface area contributed by atoms with Gasteiger partial charge in [0.2, 0.25) is 0 Å². The Balaban J connectivity index is -0.000000218. The van der Waals surface area contributed by atoms with Crippen molar-refractivity contribution in [2.45, 2.75) is 11.0 Å². The van der Waals surface area contributed by atoms with E-state index in [0.29, 0.717) is 0 Å². The molecule has 0 aromatic heterocycles. The molecule has 0 aliphatic heterocycles. The van der Waals surface area contributed by atoms with Crippen LogP contribution in [0, 0.1) is 0 Å². The first-order valence-electron chi connectivity index (χ1n) is 2.54. The Morgan fingerprint density at radius 2 is 0.706 bits per heavy atom. The summed E-state index contributed by atoms with van der Waals surface area (Å²) >= 11 is 0. The van der Waals surface area contributed by atoms with Gasteiger partial charge in [0.1, 0.15) is 0 Å². The van der Waals surface area contributed by atoms with E-state index < -0.39 is 31.3 Å². The summed E-state index contributed by atoms with van der Waals surface area (Å²) in [5.41, 5.74) is -11.3. The molecule has 0 fully saturated rings. The van der Waals surface area contributed by atoms with E-state index in [1.165, 1.54) is 0 Å². The first-order valence-corrected chi connectivity index (χ1v) is 5.36. The molecule has 0 aliphatic rings. The first-order chi connectivity index (χ1) is 6.50. The molecule has 0 unspecified atom stereocenters. The van der Waals surface area contributed by atoms with Crippen LogP contribution < -0.4 is 0 Å². The molecule has 0 spiro atoms. The van der Waals surface area contributed by atoms with E-state index in [-0.39, 0.29) is 21.1 Å². The molecular weight excluding hydrogens is 482 g/mol. The summed E-state index contributed by atoms with van der Waals surface area (Å²) in [6.45, 7) is 0. The number of halogens is 6.